The van der Waals surface area contributed by atoms with Crippen molar-refractivity contribution in [2.45, 2.75) is 46.3 Å². The minimum Gasteiger partial charge on any atom is -0.444 e. The molecule has 148 valence electrons. The molecule has 0 aliphatic rings. The maximum Gasteiger partial charge on any atom is 0.408 e. The van der Waals surface area contributed by atoms with Crippen LogP contribution in [0.1, 0.15) is 46.5 Å². The molecule has 0 bridgehead atoms. The maximum atomic E-state index is 12.2. The molecule has 5 nitrogen and oxygen atoms in total. The van der Waals surface area contributed by atoms with Crippen molar-refractivity contribution < 1.29 is 9.53 Å². The van der Waals surface area contributed by atoms with Gasteiger partial charge in [0.1, 0.15) is 11.4 Å². The smallest absolute Gasteiger partial charge is 0.408 e. The number of halogens is 1. The third kappa shape index (κ3) is 4.93. The van der Waals surface area contributed by atoms with Gasteiger partial charge in [-0.3, -0.25) is 0 Å². The first-order chi connectivity index (χ1) is 13.1. The van der Waals surface area contributed by atoms with Crippen LogP contribution in [0.3, 0.4) is 0 Å². The van der Waals surface area contributed by atoms with Crippen LogP contribution in [0.2, 0.25) is 0 Å². The number of rotatable bonds is 4. The highest BCUT2D eigenvalue weighted by atomic mass is 79.9. The van der Waals surface area contributed by atoms with E-state index in [2.05, 4.69) is 61.5 Å². The van der Waals surface area contributed by atoms with Gasteiger partial charge in [-0.25, -0.2) is 9.78 Å². The topological polar surface area (TPSA) is 67.0 Å². The van der Waals surface area contributed by atoms with Crippen molar-refractivity contribution in [3.8, 4) is 11.3 Å². The number of aromatic amines is 1. The Balaban J connectivity index is 1.84. The van der Waals surface area contributed by atoms with Crippen molar-refractivity contribution >= 4 is 32.8 Å². The second kappa shape index (κ2) is 7.95. The summed E-state index contributed by atoms with van der Waals surface area (Å²) in [5.74, 6) is 0.868. The Morgan fingerprint density at radius 2 is 1.82 bits per heavy atom. The predicted octanol–water partition coefficient (Wildman–Crippen LogP) is 6.21. The molecule has 0 radical (unpaired) electrons. The van der Waals surface area contributed by atoms with Crippen LogP contribution in [0.5, 0.6) is 0 Å². The van der Waals surface area contributed by atoms with Crippen molar-refractivity contribution in [3.63, 3.8) is 0 Å². The van der Waals surface area contributed by atoms with E-state index >= 15 is 0 Å². The summed E-state index contributed by atoms with van der Waals surface area (Å²) in [5, 5.41) is 5.26. The van der Waals surface area contributed by atoms with Crippen molar-refractivity contribution in [1.82, 2.24) is 15.3 Å². The van der Waals surface area contributed by atoms with Crippen LogP contribution < -0.4 is 5.32 Å². The van der Waals surface area contributed by atoms with E-state index in [1.807, 2.05) is 46.9 Å². The molecule has 0 saturated heterocycles. The predicted molar refractivity (Wildman–Crippen MR) is 116 cm³/mol. The number of alkyl carbamates (subject to hydrolysis) is 1. The number of hydrogen-bond acceptors (Lipinski definition) is 3. The van der Waals surface area contributed by atoms with E-state index in [1.54, 1.807) is 0 Å². The number of fused-ring (bicyclic) bond motifs is 1. The number of amides is 1. The molecule has 0 aliphatic heterocycles. The minimum absolute atomic E-state index is 0.153. The van der Waals surface area contributed by atoms with Gasteiger partial charge >= 0.3 is 6.09 Å². The van der Waals surface area contributed by atoms with E-state index < -0.39 is 11.7 Å². The van der Waals surface area contributed by atoms with Gasteiger partial charge in [-0.05, 0) is 55.7 Å². The number of hydrogen-bond donors (Lipinski definition) is 2. The lowest BCUT2D eigenvalue weighted by atomic mass is 10.0. The van der Waals surface area contributed by atoms with E-state index in [-0.39, 0.29) is 12.0 Å². The minimum atomic E-state index is -0.542. The first kappa shape index (κ1) is 20.4. The Hall–Kier alpha value is -2.34. The number of nitrogens with zero attached hydrogens (tertiary/aromatic N) is 1. The largest absolute Gasteiger partial charge is 0.444 e. The van der Waals surface area contributed by atoms with Gasteiger partial charge in [-0.2, -0.15) is 0 Å². The zero-order valence-electron chi connectivity index (χ0n) is 16.8. The Morgan fingerprint density at radius 3 is 2.50 bits per heavy atom. The molecule has 1 amide bonds. The summed E-state index contributed by atoms with van der Waals surface area (Å²) in [6, 6.07) is 12.2. The molecular formula is C22H26BrN3O2. The lowest BCUT2D eigenvalue weighted by Crippen LogP contribution is -2.37. The zero-order valence-corrected chi connectivity index (χ0v) is 18.4. The fourth-order valence-corrected chi connectivity index (χ4v) is 3.39. The molecule has 0 fully saturated rings. The number of carbonyl (C=O) groups is 1. The molecule has 2 aromatic carbocycles. The van der Waals surface area contributed by atoms with Gasteiger partial charge in [0.15, 0.2) is 0 Å². The van der Waals surface area contributed by atoms with E-state index in [4.69, 9.17) is 4.74 Å². The van der Waals surface area contributed by atoms with Gasteiger partial charge in [-0.15, -0.1) is 0 Å². The van der Waals surface area contributed by atoms with Gasteiger partial charge in [0.2, 0.25) is 0 Å². The normalized spacial score (nSPS) is 13.0. The molecule has 1 heterocycles. The lowest BCUT2D eigenvalue weighted by Gasteiger charge is -2.24. The molecule has 0 spiro atoms. The number of imidazole rings is 1. The SMILES string of the molecule is CC(C)[C@H](NC(=O)OC(C)(C)C)c1ncc(-c2ccc3cc(Br)ccc3c2)[nH]1. The van der Waals surface area contributed by atoms with Gasteiger partial charge in [0.05, 0.1) is 17.9 Å². The van der Waals surface area contributed by atoms with Crippen LogP contribution in [-0.2, 0) is 4.74 Å². The van der Waals surface area contributed by atoms with Crippen LogP contribution in [0, 0.1) is 5.92 Å². The first-order valence-electron chi connectivity index (χ1n) is 9.36. The Labute approximate surface area is 174 Å². The Bertz CT molecular complexity index is 989. The van der Waals surface area contributed by atoms with Crippen LogP contribution in [0.25, 0.3) is 22.0 Å². The van der Waals surface area contributed by atoms with Gasteiger partial charge in [-0.1, -0.05) is 48.0 Å². The summed E-state index contributed by atoms with van der Waals surface area (Å²) in [6.45, 7) is 9.62. The van der Waals surface area contributed by atoms with E-state index in [9.17, 15) is 4.79 Å². The highest BCUT2D eigenvalue weighted by Gasteiger charge is 2.25. The van der Waals surface area contributed by atoms with Crippen LogP contribution >= 0.6 is 15.9 Å². The summed E-state index contributed by atoms with van der Waals surface area (Å²) in [7, 11) is 0. The highest BCUT2D eigenvalue weighted by molar-refractivity contribution is 9.10. The summed E-state index contributed by atoms with van der Waals surface area (Å²) < 4.78 is 6.45. The molecular weight excluding hydrogens is 418 g/mol. The van der Waals surface area contributed by atoms with E-state index in [0.717, 1.165) is 21.1 Å². The molecule has 2 N–H and O–H groups in total. The number of benzene rings is 2. The van der Waals surface area contributed by atoms with Crippen LogP contribution in [-0.4, -0.2) is 21.7 Å². The molecule has 1 atom stereocenters. The summed E-state index contributed by atoms with van der Waals surface area (Å²) in [5.41, 5.74) is 1.42. The molecule has 28 heavy (non-hydrogen) atoms. The van der Waals surface area contributed by atoms with Gasteiger partial charge < -0.3 is 15.0 Å². The Morgan fingerprint density at radius 1 is 1.14 bits per heavy atom. The number of carbonyl (C=O) groups excluding carboxylic acids is 1. The fourth-order valence-electron chi connectivity index (χ4n) is 3.01. The van der Waals surface area contributed by atoms with Gasteiger partial charge in [0.25, 0.3) is 0 Å². The van der Waals surface area contributed by atoms with E-state index in [0.29, 0.717) is 5.82 Å². The van der Waals surface area contributed by atoms with Crippen LogP contribution in [0.4, 0.5) is 4.79 Å². The number of ether oxygens (including phenoxy) is 1. The highest BCUT2D eigenvalue weighted by Crippen LogP contribution is 2.27. The molecule has 0 unspecified atom stereocenters. The first-order valence-corrected chi connectivity index (χ1v) is 10.2. The summed E-state index contributed by atoms with van der Waals surface area (Å²) >= 11 is 3.51. The molecule has 6 heteroatoms. The molecule has 1 aromatic heterocycles. The average Bonchev–Trinajstić information content (AvgIpc) is 3.07. The van der Waals surface area contributed by atoms with Gasteiger partial charge in [0, 0.05) is 10.0 Å². The van der Waals surface area contributed by atoms with Crippen molar-refractivity contribution in [2.75, 3.05) is 0 Å². The number of H-pyrrole nitrogens is 1. The number of nitrogens with one attached hydrogen (secondary N) is 2. The molecule has 0 aliphatic carbocycles. The zero-order chi connectivity index (χ0) is 20.5. The monoisotopic (exact) mass is 443 g/mol. The maximum absolute atomic E-state index is 12.2. The second-order valence-corrected chi connectivity index (χ2v) is 9.17. The van der Waals surface area contributed by atoms with Crippen molar-refractivity contribution in [3.05, 3.63) is 52.9 Å². The number of aromatic nitrogens is 2. The molecule has 3 aromatic rings. The molecule has 0 saturated carbocycles. The molecule has 3 rings (SSSR count). The summed E-state index contributed by atoms with van der Waals surface area (Å²) in [6.07, 6.45) is 1.36. The van der Waals surface area contributed by atoms with Crippen molar-refractivity contribution in [2.24, 2.45) is 5.92 Å². The summed E-state index contributed by atoms with van der Waals surface area (Å²) in [4.78, 5) is 20.1. The van der Waals surface area contributed by atoms with Crippen LogP contribution in [0.15, 0.2) is 47.1 Å². The van der Waals surface area contributed by atoms with Crippen molar-refractivity contribution in [1.29, 1.82) is 0 Å². The standard InChI is InChI=1S/C22H26BrN3O2/c1-13(2)19(26-21(27)28-22(3,4)5)20-24-12-18(25-20)16-7-6-15-11-17(23)9-8-14(15)10-16/h6-13,19H,1-5H3,(H,24,25)(H,26,27)/t19-/m0/s1. The fraction of sp³-hybridized carbons (Fsp3) is 0.364. The third-order valence-corrected chi connectivity index (χ3v) is 4.84. The average molecular weight is 444 g/mol. The Kier molecular flexibility index (Phi) is 5.79. The third-order valence-electron chi connectivity index (χ3n) is 4.34. The van der Waals surface area contributed by atoms with E-state index in [1.165, 1.54) is 5.39 Å². The lowest BCUT2D eigenvalue weighted by molar-refractivity contribution is 0.0486. The second-order valence-electron chi connectivity index (χ2n) is 8.26. The quantitative estimate of drug-likeness (QED) is 0.503.